The molecule has 0 bridgehead atoms. The van der Waals surface area contributed by atoms with Crippen LogP contribution in [0.5, 0.6) is 0 Å². The lowest BCUT2D eigenvalue weighted by Gasteiger charge is -2.46. The molecular weight excluding hydrogens is 446 g/mol. The molecule has 0 aromatic heterocycles. The van der Waals surface area contributed by atoms with E-state index in [9.17, 15) is 40.5 Å². The molecule has 2 aliphatic heterocycles. The molecule has 10 atom stereocenters. The fourth-order valence-electron chi connectivity index (χ4n) is 3.64. The topological polar surface area (TPSA) is 208 Å². The number of aliphatic hydroxyl groups excluding tert-OH is 7. The summed E-state index contributed by atoms with van der Waals surface area (Å²) < 4.78 is 21.1. The van der Waals surface area contributed by atoms with E-state index in [1.165, 1.54) is 0 Å². The van der Waals surface area contributed by atoms with Crippen LogP contribution in [0.3, 0.4) is 0 Å². The molecule has 0 saturated carbocycles. The Morgan fingerprint density at radius 1 is 0.879 bits per heavy atom. The van der Waals surface area contributed by atoms with E-state index in [2.05, 4.69) is 5.32 Å². The summed E-state index contributed by atoms with van der Waals surface area (Å²) in [6.45, 7) is -1.51. The van der Waals surface area contributed by atoms with Gasteiger partial charge in [-0.05, 0) is 5.56 Å². The van der Waals surface area contributed by atoms with Crippen LogP contribution >= 0.6 is 0 Å². The van der Waals surface area contributed by atoms with Crippen molar-refractivity contribution in [2.24, 2.45) is 0 Å². The third-order valence-electron chi connectivity index (χ3n) is 5.51. The molecule has 2 heterocycles. The standard InChI is InChI=1S/C20H29NO12/c22-6-10-13(24)15(26)16(27)19(32-10)33-17-12(18(28)31-11(7-23)14(17)25)21-20(29)30-8-9-4-2-1-3-5-9/h1-5,10-19,22-28H,6-8H2,(H,21,29). The van der Waals surface area contributed by atoms with Gasteiger partial charge in [0.15, 0.2) is 12.6 Å². The zero-order chi connectivity index (χ0) is 24.1. The fraction of sp³-hybridized carbons (Fsp3) is 0.650. The maximum Gasteiger partial charge on any atom is 0.407 e. The average Bonchev–Trinajstić information content (AvgIpc) is 2.82. The van der Waals surface area contributed by atoms with Gasteiger partial charge in [-0.25, -0.2) is 4.79 Å². The van der Waals surface area contributed by atoms with Crippen LogP contribution in [-0.2, 0) is 25.6 Å². The van der Waals surface area contributed by atoms with Crippen molar-refractivity contribution in [1.29, 1.82) is 0 Å². The van der Waals surface area contributed by atoms with Gasteiger partial charge in [-0.1, -0.05) is 30.3 Å². The average molecular weight is 475 g/mol. The van der Waals surface area contributed by atoms with Gasteiger partial charge in [-0.15, -0.1) is 0 Å². The Balaban J connectivity index is 1.72. The second-order valence-electron chi connectivity index (χ2n) is 7.77. The molecule has 2 fully saturated rings. The number of nitrogens with one attached hydrogen (secondary N) is 1. The lowest BCUT2D eigenvalue weighted by molar-refractivity contribution is -0.341. The van der Waals surface area contributed by atoms with Gasteiger partial charge in [-0.2, -0.15) is 0 Å². The molecule has 0 radical (unpaired) electrons. The van der Waals surface area contributed by atoms with Crippen molar-refractivity contribution in [2.75, 3.05) is 13.2 Å². The number of carbonyl (C=O) groups excluding carboxylic acids is 1. The van der Waals surface area contributed by atoms with E-state index in [0.29, 0.717) is 5.56 Å². The van der Waals surface area contributed by atoms with E-state index in [0.717, 1.165) is 0 Å². The molecule has 8 N–H and O–H groups in total. The van der Waals surface area contributed by atoms with Crippen LogP contribution in [0.1, 0.15) is 5.56 Å². The number of rotatable bonds is 7. The summed E-state index contributed by atoms with van der Waals surface area (Å²) in [7, 11) is 0. The predicted octanol–water partition coefficient (Wildman–Crippen LogP) is -3.46. The normalized spacial score (nSPS) is 39.1. The predicted molar refractivity (Wildman–Crippen MR) is 106 cm³/mol. The number of benzene rings is 1. The maximum atomic E-state index is 12.3. The van der Waals surface area contributed by atoms with Gasteiger partial charge in [0.25, 0.3) is 0 Å². The van der Waals surface area contributed by atoms with Crippen molar-refractivity contribution in [3.8, 4) is 0 Å². The van der Waals surface area contributed by atoms with E-state index in [1.807, 2.05) is 0 Å². The Kier molecular flexibility index (Phi) is 8.95. The van der Waals surface area contributed by atoms with E-state index >= 15 is 0 Å². The lowest BCUT2D eigenvalue weighted by atomic mass is 9.95. The van der Waals surface area contributed by atoms with Gasteiger partial charge in [0, 0.05) is 0 Å². The second kappa shape index (κ2) is 11.5. The SMILES string of the molecule is O=C(NC1C(O)OC(CO)C(O)C1OC1OC(CO)C(O)C(O)C1O)OCc1ccccc1. The van der Waals surface area contributed by atoms with Gasteiger partial charge in [0.1, 0.15) is 55.4 Å². The Morgan fingerprint density at radius 3 is 2.15 bits per heavy atom. The molecular formula is C20H29NO12. The van der Waals surface area contributed by atoms with Crippen LogP contribution in [0.2, 0.25) is 0 Å². The van der Waals surface area contributed by atoms with Crippen molar-refractivity contribution < 1.29 is 59.5 Å². The van der Waals surface area contributed by atoms with Crippen LogP contribution < -0.4 is 5.32 Å². The summed E-state index contributed by atoms with van der Waals surface area (Å²) >= 11 is 0. The summed E-state index contributed by atoms with van der Waals surface area (Å²) in [4.78, 5) is 12.3. The molecule has 0 spiro atoms. The van der Waals surface area contributed by atoms with E-state index in [-0.39, 0.29) is 6.61 Å². The highest BCUT2D eigenvalue weighted by molar-refractivity contribution is 5.67. The zero-order valence-corrected chi connectivity index (χ0v) is 17.5. The minimum atomic E-state index is -1.80. The summed E-state index contributed by atoms with van der Waals surface area (Å²) in [5.41, 5.74) is 0.697. The first-order chi connectivity index (χ1) is 15.8. The molecule has 2 aliphatic rings. The second-order valence-corrected chi connectivity index (χ2v) is 7.77. The first kappa shape index (κ1) is 25.7. The molecule has 0 aliphatic carbocycles. The monoisotopic (exact) mass is 475 g/mol. The highest BCUT2D eigenvalue weighted by atomic mass is 16.7. The number of alkyl carbamates (subject to hydrolysis) is 1. The third kappa shape index (κ3) is 5.96. The molecule has 33 heavy (non-hydrogen) atoms. The van der Waals surface area contributed by atoms with Crippen LogP contribution in [-0.4, -0.2) is 116 Å². The van der Waals surface area contributed by atoms with Crippen molar-refractivity contribution in [3.63, 3.8) is 0 Å². The lowest BCUT2D eigenvalue weighted by Crippen LogP contribution is -2.67. The fourth-order valence-corrected chi connectivity index (χ4v) is 3.64. The highest BCUT2D eigenvalue weighted by Crippen LogP contribution is 2.28. The van der Waals surface area contributed by atoms with Crippen molar-refractivity contribution in [3.05, 3.63) is 35.9 Å². The minimum absolute atomic E-state index is 0.0869. The summed E-state index contributed by atoms with van der Waals surface area (Å²) in [6.07, 6.45) is -15.3. The van der Waals surface area contributed by atoms with Crippen molar-refractivity contribution in [2.45, 2.75) is 68.0 Å². The number of hydrogen-bond acceptors (Lipinski definition) is 12. The number of ether oxygens (including phenoxy) is 4. The number of carbonyl (C=O) groups is 1. The van der Waals surface area contributed by atoms with E-state index in [1.54, 1.807) is 30.3 Å². The van der Waals surface area contributed by atoms with Crippen LogP contribution in [0, 0.1) is 0 Å². The van der Waals surface area contributed by atoms with Gasteiger partial charge in [0.2, 0.25) is 0 Å². The summed E-state index contributed by atoms with van der Waals surface area (Å²) in [5, 5.41) is 72.1. The molecule has 13 nitrogen and oxygen atoms in total. The molecule has 10 unspecified atom stereocenters. The maximum absolute atomic E-state index is 12.3. The Hall–Kier alpha value is -1.91. The van der Waals surface area contributed by atoms with Gasteiger partial charge < -0.3 is 60.0 Å². The minimum Gasteiger partial charge on any atom is -0.445 e. The third-order valence-corrected chi connectivity index (χ3v) is 5.51. The van der Waals surface area contributed by atoms with Crippen molar-refractivity contribution in [1.82, 2.24) is 5.32 Å². The molecule has 1 aromatic rings. The first-order valence-electron chi connectivity index (χ1n) is 10.3. The summed E-state index contributed by atoms with van der Waals surface area (Å²) in [6, 6.07) is 7.31. The van der Waals surface area contributed by atoms with Gasteiger partial charge in [0.05, 0.1) is 13.2 Å². The van der Waals surface area contributed by atoms with E-state index in [4.69, 9.17) is 18.9 Å². The number of amides is 1. The quantitative estimate of drug-likeness (QED) is 0.194. The largest absolute Gasteiger partial charge is 0.445 e. The Bertz CT molecular complexity index is 752. The molecule has 186 valence electrons. The van der Waals surface area contributed by atoms with Crippen LogP contribution in [0.25, 0.3) is 0 Å². The van der Waals surface area contributed by atoms with E-state index < -0.39 is 80.7 Å². The molecule has 1 amide bonds. The van der Waals surface area contributed by atoms with Crippen LogP contribution in [0.4, 0.5) is 4.79 Å². The molecule has 3 rings (SSSR count). The van der Waals surface area contributed by atoms with Gasteiger partial charge in [-0.3, -0.25) is 0 Å². The molecule has 13 heteroatoms. The first-order valence-corrected chi connectivity index (χ1v) is 10.3. The molecule has 1 aromatic carbocycles. The van der Waals surface area contributed by atoms with Gasteiger partial charge >= 0.3 is 6.09 Å². The smallest absolute Gasteiger partial charge is 0.407 e. The zero-order valence-electron chi connectivity index (χ0n) is 17.5. The molecule has 2 saturated heterocycles. The highest BCUT2D eigenvalue weighted by Gasteiger charge is 2.51. The number of aliphatic hydroxyl groups is 7. The summed E-state index contributed by atoms with van der Waals surface area (Å²) in [5.74, 6) is 0. The van der Waals surface area contributed by atoms with Crippen molar-refractivity contribution >= 4 is 6.09 Å². The Labute approximate surface area is 188 Å². The van der Waals surface area contributed by atoms with Crippen LogP contribution in [0.15, 0.2) is 30.3 Å². The Morgan fingerprint density at radius 2 is 1.52 bits per heavy atom. The number of hydrogen-bond donors (Lipinski definition) is 8.